The van der Waals surface area contributed by atoms with Crippen LogP contribution in [-0.4, -0.2) is 28.5 Å². The Morgan fingerprint density at radius 3 is 2.88 bits per heavy atom. The van der Waals surface area contributed by atoms with Crippen molar-refractivity contribution in [3.8, 4) is 0 Å². The van der Waals surface area contributed by atoms with Gasteiger partial charge in [-0.15, -0.1) is 0 Å². The van der Waals surface area contributed by atoms with Gasteiger partial charge in [-0.05, 0) is 47.3 Å². The molecule has 0 aromatic carbocycles. The van der Waals surface area contributed by atoms with Crippen molar-refractivity contribution in [3.05, 3.63) is 22.4 Å². The number of aromatic nitrogens is 1. The normalized spacial score (nSPS) is 12.5. The Bertz CT molecular complexity index is 365. The first kappa shape index (κ1) is 13.6. The zero-order chi connectivity index (χ0) is 12.1. The number of carbonyl (C=O) groups excluding carboxylic acids is 1. The van der Waals surface area contributed by atoms with E-state index in [1.807, 2.05) is 30.8 Å². The van der Waals surface area contributed by atoms with Crippen molar-refractivity contribution < 1.29 is 4.79 Å². The minimum atomic E-state index is -0.0122. The van der Waals surface area contributed by atoms with Crippen LogP contribution in [0.25, 0.3) is 0 Å². The first-order valence-electron chi connectivity index (χ1n) is 5.16. The van der Waals surface area contributed by atoms with Gasteiger partial charge in [0.1, 0.15) is 5.69 Å². The van der Waals surface area contributed by atoms with E-state index < -0.39 is 0 Å². The van der Waals surface area contributed by atoms with Crippen LogP contribution < -0.4 is 5.32 Å². The number of aryl methyl sites for hydroxylation is 1. The van der Waals surface area contributed by atoms with E-state index in [4.69, 9.17) is 0 Å². The number of rotatable bonds is 5. The Morgan fingerprint density at radius 2 is 2.38 bits per heavy atom. The van der Waals surface area contributed by atoms with Gasteiger partial charge in [0.2, 0.25) is 0 Å². The first-order valence-corrected chi connectivity index (χ1v) is 7.35. The maximum Gasteiger partial charge on any atom is 0.268 e. The molecule has 0 bridgehead atoms. The Hall–Kier alpha value is -0.420. The summed E-state index contributed by atoms with van der Waals surface area (Å²) in [6, 6.07) is 2.05. The summed E-state index contributed by atoms with van der Waals surface area (Å²) in [6.07, 6.45) is 4.95. The van der Waals surface area contributed by atoms with Crippen molar-refractivity contribution in [1.82, 2.24) is 9.88 Å². The maximum atomic E-state index is 11.9. The number of hydrogen-bond acceptors (Lipinski definition) is 2. The molecule has 0 aliphatic carbocycles. The van der Waals surface area contributed by atoms with Crippen LogP contribution in [0.3, 0.4) is 0 Å². The molecule has 1 rings (SSSR count). The van der Waals surface area contributed by atoms with Crippen LogP contribution in [0.5, 0.6) is 0 Å². The minimum absolute atomic E-state index is 0.0122. The molecule has 0 fully saturated rings. The fourth-order valence-electron chi connectivity index (χ4n) is 1.41. The van der Waals surface area contributed by atoms with Gasteiger partial charge < -0.3 is 9.88 Å². The van der Waals surface area contributed by atoms with Crippen molar-refractivity contribution in [1.29, 1.82) is 0 Å². The molecule has 1 heterocycles. The summed E-state index contributed by atoms with van der Waals surface area (Å²) in [4.78, 5) is 11.9. The largest absolute Gasteiger partial charge is 0.348 e. The highest BCUT2D eigenvalue weighted by atomic mass is 79.9. The molecule has 0 aliphatic heterocycles. The van der Waals surface area contributed by atoms with E-state index in [1.165, 1.54) is 0 Å². The number of thioether (sulfide) groups is 1. The van der Waals surface area contributed by atoms with Crippen LogP contribution in [0.4, 0.5) is 0 Å². The lowest BCUT2D eigenvalue weighted by atomic mass is 10.2. The highest BCUT2D eigenvalue weighted by Gasteiger charge is 2.13. The molecule has 0 spiro atoms. The third-order valence-corrected chi connectivity index (χ3v) is 3.41. The Kier molecular flexibility index (Phi) is 5.41. The average molecular weight is 305 g/mol. The van der Waals surface area contributed by atoms with Crippen molar-refractivity contribution >= 4 is 33.6 Å². The molecule has 1 aromatic heterocycles. The van der Waals surface area contributed by atoms with Crippen molar-refractivity contribution in [2.24, 2.45) is 7.05 Å². The van der Waals surface area contributed by atoms with Crippen LogP contribution in [0.15, 0.2) is 16.7 Å². The molecule has 3 nitrogen and oxygen atoms in total. The summed E-state index contributed by atoms with van der Waals surface area (Å²) in [6.45, 7) is 2.03. The number of carbonyl (C=O) groups is 1. The van der Waals surface area contributed by atoms with Gasteiger partial charge in [-0.2, -0.15) is 11.8 Å². The summed E-state index contributed by atoms with van der Waals surface area (Å²) < 4.78 is 2.75. The topological polar surface area (TPSA) is 34.0 Å². The number of nitrogens with one attached hydrogen (secondary N) is 1. The van der Waals surface area contributed by atoms with E-state index >= 15 is 0 Å². The van der Waals surface area contributed by atoms with E-state index in [0.29, 0.717) is 5.69 Å². The second-order valence-electron chi connectivity index (χ2n) is 3.81. The third kappa shape index (κ3) is 3.87. The van der Waals surface area contributed by atoms with Crippen LogP contribution in [0.1, 0.15) is 23.8 Å². The molecule has 90 valence electrons. The fourth-order valence-corrected chi connectivity index (χ4v) is 2.53. The van der Waals surface area contributed by atoms with Gasteiger partial charge in [-0.3, -0.25) is 4.79 Å². The molecular weight excluding hydrogens is 288 g/mol. The summed E-state index contributed by atoms with van der Waals surface area (Å²) >= 11 is 5.15. The summed E-state index contributed by atoms with van der Waals surface area (Å²) in [7, 11) is 1.87. The Balaban J connectivity index is 2.55. The lowest BCUT2D eigenvalue weighted by molar-refractivity contribution is 0.0931. The molecule has 1 aromatic rings. The molecule has 16 heavy (non-hydrogen) atoms. The predicted octanol–water partition coefficient (Wildman–Crippen LogP) is 2.66. The number of hydrogen-bond donors (Lipinski definition) is 1. The Morgan fingerprint density at radius 1 is 1.69 bits per heavy atom. The van der Waals surface area contributed by atoms with Crippen molar-refractivity contribution in [2.75, 3.05) is 12.0 Å². The fraction of sp³-hybridized carbons (Fsp3) is 0.545. The molecule has 0 aliphatic rings. The molecule has 1 amide bonds. The molecule has 1 atom stereocenters. The molecule has 0 saturated heterocycles. The lowest BCUT2D eigenvalue weighted by Crippen LogP contribution is -2.33. The second-order valence-corrected chi connectivity index (χ2v) is 5.71. The van der Waals surface area contributed by atoms with Crippen LogP contribution in [0.2, 0.25) is 0 Å². The third-order valence-electron chi connectivity index (χ3n) is 2.34. The van der Waals surface area contributed by atoms with Crippen LogP contribution in [-0.2, 0) is 7.05 Å². The zero-order valence-corrected chi connectivity index (χ0v) is 12.2. The molecular formula is C11H17BrN2OS. The Labute approximate surface area is 109 Å². The highest BCUT2D eigenvalue weighted by molar-refractivity contribution is 9.10. The summed E-state index contributed by atoms with van der Waals surface area (Å²) in [5.41, 5.74) is 0.683. The summed E-state index contributed by atoms with van der Waals surface area (Å²) in [5, 5.41) is 2.99. The van der Waals surface area contributed by atoms with Gasteiger partial charge in [-0.25, -0.2) is 0 Å². The molecule has 0 radical (unpaired) electrons. The quantitative estimate of drug-likeness (QED) is 0.907. The molecule has 1 unspecified atom stereocenters. The first-order chi connectivity index (χ1) is 7.54. The van der Waals surface area contributed by atoms with E-state index in [9.17, 15) is 4.79 Å². The number of amides is 1. The van der Waals surface area contributed by atoms with Gasteiger partial charge in [0, 0.05) is 23.8 Å². The summed E-state index contributed by atoms with van der Waals surface area (Å²) in [5.74, 6) is 1.06. The standard InChI is InChI=1S/C11H17BrN2OS/c1-8(4-5-16-3)13-11(15)10-6-9(12)7-14(10)2/h6-8H,4-5H2,1-3H3,(H,13,15). The van der Waals surface area contributed by atoms with E-state index in [0.717, 1.165) is 16.6 Å². The zero-order valence-electron chi connectivity index (χ0n) is 9.79. The predicted molar refractivity (Wildman–Crippen MR) is 73.0 cm³/mol. The van der Waals surface area contributed by atoms with Crippen LogP contribution in [0, 0.1) is 0 Å². The van der Waals surface area contributed by atoms with Gasteiger partial charge in [0.15, 0.2) is 0 Å². The van der Waals surface area contributed by atoms with Crippen molar-refractivity contribution in [2.45, 2.75) is 19.4 Å². The maximum absolute atomic E-state index is 11.9. The second kappa shape index (κ2) is 6.35. The van der Waals surface area contributed by atoms with Gasteiger partial charge in [0.05, 0.1) is 0 Å². The number of nitrogens with zero attached hydrogens (tertiary/aromatic N) is 1. The highest BCUT2D eigenvalue weighted by Crippen LogP contribution is 2.13. The SMILES string of the molecule is CSCCC(C)NC(=O)c1cc(Br)cn1C. The van der Waals surface area contributed by atoms with Gasteiger partial charge in [0.25, 0.3) is 5.91 Å². The van der Waals surface area contributed by atoms with Gasteiger partial charge in [-0.1, -0.05) is 0 Å². The van der Waals surface area contributed by atoms with Gasteiger partial charge >= 0.3 is 0 Å². The lowest BCUT2D eigenvalue weighted by Gasteiger charge is -2.13. The number of halogens is 1. The average Bonchev–Trinajstić information content (AvgIpc) is 2.54. The molecule has 5 heteroatoms. The molecule has 1 N–H and O–H groups in total. The molecule has 0 saturated carbocycles. The van der Waals surface area contributed by atoms with Crippen LogP contribution >= 0.6 is 27.7 Å². The monoisotopic (exact) mass is 304 g/mol. The van der Waals surface area contributed by atoms with E-state index in [-0.39, 0.29) is 11.9 Å². The minimum Gasteiger partial charge on any atom is -0.348 e. The smallest absolute Gasteiger partial charge is 0.268 e. The van der Waals surface area contributed by atoms with E-state index in [1.54, 1.807) is 11.8 Å². The van der Waals surface area contributed by atoms with Crippen molar-refractivity contribution in [3.63, 3.8) is 0 Å². The van der Waals surface area contributed by atoms with E-state index in [2.05, 4.69) is 27.5 Å².